The third-order valence-corrected chi connectivity index (χ3v) is 1.86. The zero-order chi connectivity index (χ0) is 11.0. The third-order valence-electron chi connectivity index (χ3n) is 1.86. The highest BCUT2D eigenvalue weighted by Gasteiger charge is 2.10. The number of hydrogen-bond acceptors (Lipinski definition) is 3. The first-order valence-corrected chi connectivity index (χ1v) is 4.61. The molecule has 0 aliphatic heterocycles. The molecule has 6 nitrogen and oxygen atoms in total. The Morgan fingerprint density at radius 3 is 2.71 bits per heavy atom. The summed E-state index contributed by atoms with van der Waals surface area (Å²) in [5.41, 5.74) is 13.2. The molecular weight excluding hydrogens is 182 g/mol. The molecule has 6 heteroatoms. The average molecular weight is 199 g/mol. The number of azide groups is 1. The number of nitrogens with zero attached hydrogens (tertiary/aromatic N) is 4. The Morgan fingerprint density at radius 1 is 1.64 bits per heavy atom. The topological polar surface area (TPSA) is 95.1 Å². The van der Waals surface area contributed by atoms with Crippen LogP contribution in [0.25, 0.3) is 10.4 Å². The summed E-state index contributed by atoms with van der Waals surface area (Å²) in [4.78, 5) is 15.3. The lowest BCUT2D eigenvalue weighted by Crippen LogP contribution is -2.39. The quantitative estimate of drug-likeness (QED) is 0.285. The summed E-state index contributed by atoms with van der Waals surface area (Å²) in [7, 11) is 0. The SMILES string of the molecule is CC(C)N(CCCN=[N+]=[N-])CC(N)=O. The Hall–Kier alpha value is -1.26. The molecule has 0 radical (unpaired) electrons. The van der Waals surface area contributed by atoms with E-state index in [0.717, 1.165) is 13.0 Å². The van der Waals surface area contributed by atoms with Crippen molar-refractivity contribution in [1.29, 1.82) is 0 Å². The van der Waals surface area contributed by atoms with Gasteiger partial charge in [-0.25, -0.2) is 0 Å². The minimum absolute atomic E-state index is 0.258. The molecule has 0 unspecified atom stereocenters. The lowest BCUT2D eigenvalue weighted by atomic mass is 10.3. The third kappa shape index (κ3) is 6.28. The van der Waals surface area contributed by atoms with Crippen LogP contribution in [0.15, 0.2) is 5.11 Å². The van der Waals surface area contributed by atoms with E-state index in [9.17, 15) is 4.79 Å². The van der Waals surface area contributed by atoms with Gasteiger partial charge in [0.2, 0.25) is 5.91 Å². The lowest BCUT2D eigenvalue weighted by molar-refractivity contribution is -0.119. The van der Waals surface area contributed by atoms with Crippen LogP contribution in [0.2, 0.25) is 0 Å². The van der Waals surface area contributed by atoms with Crippen LogP contribution in [0, 0.1) is 0 Å². The second-order valence-electron chi connectivity index (χ2n) is 3.34. The Bertz CT molecular complexity index is 222. The zero-order valence-corrected chi connectivity index (χ0v) is 8.68. The molecular formula is C8H17N5O. The summed E-state index contributed by atoms with van der Waals surface area (Å²) in [6.07, 6.45) is 0.746. The summed E-state index contributed by atoms with van der Waals surface area (Å²) in [6, 6.07) is 0.272. The van der Waals surface area contributed by atoms with Crippen molar-refractivity contribution in [2.45, 2.75) is 26.3 Å². The first kappa shape index (κ1) is 12.7. The van der Waals surface area contributed by atoms with E-state index in [1.54, 1.807) is 0 Å². The Balaban J connectivity index is 3.84. The number of nitrogens with two attached hydrogens (primary N) is 1. The van der Waals surface area contributed by atoms with Crippen molar-refractivity contribution in [3.05, 3.63) is 10.4 Å². The van der Waals surface area contributed by atoms with Crippen LogP contribution >= 0.6 is 0 Å². The fraction of sp³-hybridized carbons (Fsp3) is 0.875. The molecule has 1 amide bonds. The molecule has 0 aromatic heterocycles. The van der Waals surface area contributed by atoms with Gasteiger partial charge in [-0.3, -0.25) is 9.69 Å². The van der Waals surface area contributed by atoms with Crippen molar-refractivity contribution in [1.82, 2.24) is 4.90 Å². The van der Waals surface area contributed by atoms with Gasteiger partial charge in [-0.15, -0.1) is 0 Å². The van der Waals surface area contributed by atoms with Crippen LogP contribution in [-0.2, 0) is 4.79 Å². The smallest absolute Gasteiger partial charge is 0.231 e. The highest BCUT2D eigenvalue weighted by Crippen LogP contribution is 1.99. The second-order valence-corrected chi connectivity index (χ2v) is 3.34. The highest BCUT2D eigenvalue weighted by atomic mass is 16.1. The minimum Gasteiger partial charge on any atom is -0.369 e. The van der Waals surface area contributed by atoms with Crippen LogP contribution in [0.5, 0.6) is 0 Å². The fourth-order valence-electron chi connectivity index (χ4n) is 1.11. The molecule has 80 valence electrons. The van der Waals surface area contributed by atoms with E-state index in [4.69, 9.17) is 11.3 Å². The molecule has 0 bridgehead atoms. The van der Waals surface area contributed by atoms with Gasteiger partial charge in [0.15, 0.2) is 0 Å². The molecule has 0 spiro atoms. The van der Waals surface area contributed by atoms with Crippen LogP contribution < -0.4 is 5.73 Å². The largest absolute Gasteiger partial charge is 0.369 e. The van der Waals surface area contributed by atoms with Gasteiger partial charge in [-0.1, -0.05) is 5.11 Å². The van der Waals surface area contributed by atoms with E-state index in [0.29, 0.717) is 6.54 Å². The minimum atomic E-state index is -0.331. The molecule has 0 aliphatic rings. The summed E-state index contributed by atoms with van der Waals surface area (Å²) in [5.74, 6) is -0.331. The van der Waals surface area contributed by atoms with Gasteiger partial charge in [-0.05, 0) is 32.3 Å². The molecule has 0 fully saturated rings. The standard InChI is InChI=1S/C8H17N5O/c1-7(2)13(6-8(9)14)5-3-4-11-12-10/h7H,3-6H2,1-2H3,(H2,9,14). The zero-order valence-electron chi connectivity index (χ0n) is 8.68. The van der Waals surface area contributed by atoms with Gasteiger partial charge in [0, 0.05) is 17.5 Å². The first-order valence-electron chi connectivity index (χ1n) is 4.61. The van der Waals surface area contributed by atoms with E-state index in [1.165, 1.54) is 0 Å². The van der Waals surface area contributed by atoms with Crippen LogP contribution in [0.3, 0.4) is 0 Å². The predicted octanol–water partition coefficient (Wildman–Crippen LogP) is 0.883. The molecule has 0 aliphatic carbocycles. The number of primary amides is 1. The van der Waals surface area contributed by atoms with Gasteiger partial charge in [0.05, 0.1) is 6.54 Å². The summed E-state index contributed by atoms with van der Waals surface area (Å²) in [5, 5.41) is 3.42. The molecule has 0 rings (SSSR count). The number of carbonyl (C=O) groups excluding carboxylic acids is 1. The second kappa shape index (κ2) is 7.17. The Kier molecular flexibility index (Phi) is 6.53. The van der Waals surface area contributed by atoms with Gasteiger partial charge in [0.25, 0.3) is 0 Å². The molecule has 0 aromatic rings. The van der Waals surface area contributed by atoms with E-state index in [-0.39, 0.29) is 18.5 Å². The molecule has 0 aromatic carbocycles. The molecule has 0 heterocycles. The Morgan fingerprint density at radius 2 is 2.29 bits per heavy atom. The normalized spacial score (nSPS) is 10.3. The highest BCUT2D eigenvalue weighted by molar-refractivity contribution is 5.75. The molecule has 2 N–H and O–H groups in total. The van der Waals surface area contributed by atoms with Crippen molar-refractivity contribution in [2.24, 2.45) is 10.8 Å². The predicted molar refractivity (Wildman–Crippen MR) is 54.5 cm³/mol. The van der Waals surface area contributed by atoms with E-state index in [2.05, 4.69) is 10.0 Å². The van der Waals surface area contributed by atoms with Crippen molar-refractivity contribution in [3.8, 4) is 0 Å². The number of rotatable bonds is 7. The number of hydrogen-bond donors (Lipinski definition) is 1. The number of amides is 1. The first-order chi connectivity index (χ1) is 6.57. The van der Waals surface area contributed by atoms with E-state index >= 15 is 0 Å². The average Bonchev–Trinajstić information content (AvgIpc) is 2.09. The lowest BCUT2D eigenvalue weighted by Gasteiger charge is -2.24. The summed E-state index contributed by atoms with van der Waals surface area (Å²) < 4.78 is 0. The maximum atomic E-state index is 10.7. The van der Waals surface area contributed by atoms with Crippen molar-refractivity contribution in [2.75, 3.05) is 19.6 Å². The van der Waals surface area contributed by atoms with Gasteiger partial charge in [-0.2, -0.15) is 0 Å². The van der Waals surface area contributed by atoms with Crippen molar-refractivity contribution < 1.29 is 4.79 Å². The maximum absolute atomic E-state index is 10.7. The monoisotopic (exact) mass is 199 g/mol. The van der Waals surface area contributed by atoms with Gasteiger partial charge >= 0.3 is 0 Å². The van der Waals surface area contributed by atoms with E-state index in [1.807, 2.05) is 18.7 Å². The van der Waals surface area contributed by atoms with Gasteiger partial charge < -0.3 is 5.73 Å². The maximum Gasteiger partial charge on any atom is 0.231 e. The molecule has 0 saturated carbocycles. The molecule has 0 saturated heterocycles. The summed E-state index contributed by atoms with van der Waals surface area (Å²) in [6.45, 7) is 5.43. The van der Waals surface area contributed by atoms with Crippen LogP contribution in [0.4, 0.5) is 0 Å². The summed E-state index contributed by atoms with van der Waals surface area (Å²) >= 11 is 0. The fourth-order valence-corrected chi connectivity index (χ4v) is 1.11. The molecule has 0 atom stereocenters. The van der Waals surface area contributed by atoms with Crippen LogP contribution in [0.1, 0.15) is 20.3 Å². The molecule has 14 heavy (non-hydrogen) atoms. The van der Waals surface area contributed by atoms with Gasteiger partial charge in [0.1, 0.15) is 0 Å². The van der Waals surface area contributed by atoms with Crippen molar-refractivity contribution in [3.63, 3.8) is 0 Å². The Labute approximate surface area is 83.7 Å². The van der Waals surface area contributed by atoms with Crippen LogP contribution in [-0.4, -0.2) is 36.5 Å². The number of carbonyl (C=O) groups is 1. The van der Waals surface area contributed by atoms with E-state index < -0.39 is 0 Å². The van der Waals surface area contributed by atoms with Crippen molar-refractivity contribution >= 4 is 5.91 Å².